The molecule has 0 fully saturated rings. The lowest BCUT2D eigenvalue weighted by atomic mass is 10.2. The topological polar surface area (TPSA) is 54.0 Å². The van der Waals surface area contributed by atoms with Crippen LogP contribution in [0.25, 0.3) is 0 Å². The molecule has 0 bridgehead atoms. The number of amides is 1. The lowest BCUT2D eigenvalue weighted by Gasteiger charge is -2.09. The van der Waals surface area contributed by atoms with Crippen molar-refractivity contribution >= 4 is 34.7 Å². The number of anilines is 3. The fourth-order valence-corrected chi connectivity index (χ4v) is 2.34. The number of carbonyl (C=O) groups is 1. The number of halogens is 5. The van der Waals surface area contributed by atoms with Crippen molar-refractivity contribution in [2.45, 2.75) is 0 Å². The number of nitrogens with one attached hydrogen (secondary N) is 2. The number of aromatic nitrogens is 1. The molecular formula is C18H10ClF4N3O. The second-order valence-electron chi connectivity index (χ2n) is 5.36. The van der Waals surface area contributed by atoms with Gasteiger partial charge in [0.2, 0.25) is 0 Å². The first-order valence-corrected chi connectivity index (χ1v) is 7.86. The van der Waals surface area contributed by atoms with E-state index in [1.54, 1.807) is 0 Å². The Morgan fingerprint density at radius 2 is 1.59 bits per heavy atom. The maximum atomic E-state index is 13.6. The highest BCUT2D eigenvalue weighted by atomic mass is 35.5. The SMILES string of the molecule is O=C(Nc1ccc(Nc2ccc(F)c(Cl)c2)nc1)c1ccc(F)c(F)c1F. The van der Waals surface area contributed by atoms with Crippen molar-refractivity contribution in [3.63, 3.8) is 0 Å². The van der Waals surface area contributed by atoms with Crippen molar-refractivity contribution < 1.29 is 22.4 Å². The van der Waals surface area contributed by atoms with Gasteiger partial charge < -0.3 is 10.6 Å². The highest BCUT2D eigenvalue weighted by Crippen LogP contribution is 2.23. The van der Waals surface area contributed by atoms with E-state index in [0.29, 0.717) is 17.6 Å². The van der Waals surface area contributed by atoms with E-state index in [-0.39, 0.29) is 10.7 Å². The molecule has 2 N–H and O–H groups in total. The number of hydrogen-bond acceptors (Lipinski definition) is 3. The molecule has 1 aromatic heterocycles. The zero-order valence-corrected chi connectivity index (χ0v) is 14.1. The van der Waals surface area contributed by atoms with Crippen molar-refractivity contribution in [1.29, 1.82) is 0 Å². The lowest BCUT2D eigenvalue weighted by molar-refractivity contribution is 0.102. The molecule has 3 aromatic rings. The van der Waals surface area contributed by atoms with Crippen LogP contribution in [0.5, 0.6) is 0 Å². The van der Waals surface area contributed by atoms with Crippen LogP contribution in [-0.2, 0) is 0 Å². The molecule has 1 amide bonds. The van der Waals surface area contributed by atoms with Gasteiger partial charge in [-0.3, -0.25) is 4.79 Å². The van der Waals surface area contributed by atoms with Gasteiger partial charge in [-0.2, -0.15) is 0 Å². The third kappa shape index (κ3) is 4.17. The summed E-state index contributed by atoms with van der Waals surface area (Å²) in [5.74, 6) is -5.83. The van der Waals surface area contributed by atoms with Crippen LogP contribution in [0.3, 0.4) is 0 Å². The van der Waals surface area contributed by atoms with Crippen molar-refractivity contribution in [1.82, 2.24) is 4.98 Å². The quantitative estimate of drug-likeness (QED) is 0.466. The zero-order valence-electron chi connectivity index (χ0n) is 13.4. The van der Waals surface area contributed by atoms with E-state index >= 15 is 0 Å². The molecule has 0 aliphatic carbocycles. The molecule has 0 radical (unpaired) electrons. The number of rotatable bonds is 4. The average Bonchev–Trinajstić information content (AvgIpc) is 2.64. The van der Waals surface area contributed by atoms with Crippen LogP contribution in [0.2, 0.25) is 5.02 Å². The Morgan fingerprint density at radius 3 is 2.26 bits per heavy atom. The predicted octanol–water partition coefficient (Wildman–Crippen LogP) is 5.29. The number of carbonyl (C=O) groups excluding carboxylic acids is 1. The highest BCUT2D eigenvalue weighted by molar-refractivity contribution is 6.31. The molecule has 27 heavy (non-hydrogen) atoms. The third-order valence-electron chi connectivity index (χ3n) is 3.49. The van der Waals surface area contributed by atoms with E-state index in [4.69, 9.17) is 11.6 Å². The van der Waals surface area contributed by atoms with Crippen molar-refractivity contribution in [2.24, 2.45) is 0 Å². The number of pyridine rings is 1. The van der Waals surface area contributed by atoms with E-state index < -0.39 is 34.7 Å². The Bertz CT molecular complexity index is 1010. The van der Waals surface area contributed by atoms with Gasteiger partial charge in [0.05, 0.1) is 22.5 Å². The van der Waals surface area contributed by atoms with E-state index in [0.717, 1.165) is 6.07 Å². The molecule has 2 aromatic carbocycles. The Labute approximate surface area is 155 Å². The minimum absolute atomic E-state index is 0.0579. The first-order valence-electron chi connectivity index (χ1n) is 7.48. The maximum absolute atomic E-state index is 13.6. The van der Waals surface area contributed by atoms with Gasteiger partial charge in [0.1, 0.15) is 11.6 Å². The lowest BCUT2D eigenvalue weighted by Crippen LogP contribution is -2.15. The molecule has 0 atom stereocenters. The molecule has 0 spiro atoms. The third-order valence-corrected chi connectivity index (χ3v) is 3.78. The Hall–Kier alpha value is -3.13. The molecule has 1 heterocycles. The zero-order chi connectivity index (χ0) is 19.6. The van der Waals surface area contributed by atoms with E-state index in [1.165, 1.54) is 36.5 Å². The minimum Gasteiger partial charge on any atom is -0.340 e. The number of benzene rings is 2. The highest BCUT2D eigenvalue weighted by Gasteiger charge is 2.18. The summed E-state index contributed by atoms with van der Waals surface area (Å²) >= 11 is 5.69. The van der Waals surface area contributed by atoms with Crippen LogP contribution in [0.15, 0.2) is 48.7 Å². The van der Waals surface area contributed by atoms with Crippen LogP contribution in [0.1, 0.15) is 10.4 Å². The van der Waals surface area contributed by atoms with Gasteiger partial charge in [0, 0.05) is 5.69 Å². The largest absolute Gasteiger partial charge is 0.340 e. The first-order chi connectivity index (χ1) is 12.8. The number of nitrogens with zero attached hydrogens (tertiary/aromatic N) is 1. The summed E-state index contributed by atoms with van der Waals surface area (Å²) in [6, 6.07) is 8.47. The van der Waals surface area contributed by atoms with Crippen LogP contribution < -0.4 is 10.6 Å². The minimum atomic E-state index is -1.72. The summed E-state index contributed by atoms with van der Waals surface area (Å²) in [7, 11) is 0. The smallest absolute Gasteiger partial charge is 0.258 e. The van der Waals surface area contributed by atoms with Crippen LogP contribution in [0.4, 0.5) is 34.8 Å². The van der Waals surface area contributed by atoms with Gasteiger partial charge in [-0.25, -0.2) is 22.5 Å². The maximum Gasteiger partial charge on any atom is 0.258 e. The first kappa shape index (κ1) is 18.7. The van der Waals surface area contributed by atoms with Gasteiger partial charge in [0.15, 0.2) is 17.5 Å². The number of hydrogen-bond donors (Lipinski definition) is 2. The molecule has 0 aliphatic heterocycles. The van der Waals surface area contributed by atoms with Crippen molar-refractivity contribution in [3.8, 4) is 0 Å². The molecule has 9 heteroatoms. The summed E-state index contributed by atoms with van der Waals surface area (Å²) in [6.07, 6.45) is 1.27. The van der Waals surface area contributed by atoms with Crippen LogP contribution in [-0.4, -0.2) is 10.9 Å². The van der Waals surface area contributed by atoms with E-state index in [9.17, 15) is 22.4 Å². The van der Waals surface area contributed by atoms with Gasteiger partial charge >= 0.3 is 0 Å². The summed E-state index contributed by atoms with van der Waals surface area (Å²) in [5, 5.41) is 5.15. The molecule has 138 valence electrons. The molecular weight excluding hydrogens is 386 g/mol. The van der Waals surface area contributed by atoms with Gasteiger partial charge in [0.25, 0.3) is 5.91 Å². The fourth-order valence-electron chi connectivity index (χ4n) is 2.16. The van der Waals surface area contributed by atoms with Crippen molar-refractivity contribution in [2.75, 3.05) is 10.6 Å². The predicted molar refractivity (Wildman–Crippen MR) is 93.2 cm³/mol. The van der Waals surface area contributed by atoms with Gasteiger partial charge in [-0.15, -0.1) is 0 Å². The molecule has 0 saturated carbocycles. The molecule has 0 aliphatic rings. The van der Waals surface area contributed by atoms with Gasteiger partial charge in [-0.05, 0) is 42.5 Å². The standard InChI is InChI=1S/C18H10ClF4N3O/c19-12-7-9(1-4-13(12)20)25-15-6-2-10(8-24-15)26-18(27)11-3-5-14(21)17(23)16(11)22/h1-8H,(H,24,25)(H,26,27). The normalized spacial score (nSPS) is 10.6. The Kier molecular flexibility index (Phi) is 5.27. The average molecular weight is 396 g/mol. The fraction of sp³-hybridized carbons (Fsp3) is 0. The van der Waals surface area contributed by atoms with Gasteiger partial charge in [-0.1, -0.05) is 11.6 Å². The Balaban J connectivity index is 1.71. The molecule has 0 saturated heterocycles. The summed E-state index contributed by atoms with van der Waals surface area (Å²) in [5.41, 5.74) is 0.0541. The van der Waals surface area contributed by atoms with Crippen LogP contribution >= 0.6 is 11.6 Å². The molecule has 3 rings (SSSR count). The summed E-state index contributed by atoms with van der Waals surface area (Å²) < 4.78 is 52.9. The summed E-state index contributed by atoms with van der Waals surface area (Å²) in [4.78, 5) is 16.0. The summed E-state index contributed by atoms with van der Waals surface area (Å²) in [6.45, 7) is 0. The molecule has 0 unspecified atom stereocenters. The molecule has 4 nitrogen and oxygen atoms in total. The van der Waals surface area contributed by atoms with Crippen molar-refractivity contribution in [3.05, 3.63) is 82.5 Å². The van der Waals surface area contributed by atoms with E-state index in [1.807, 2.05) is 0 Å². The second-order valence-corrected chi connectivity index (χ2v) is 5.77. The monoisotopic (exact) mass is 395 g/mol. The van der Waals surface area contributed by atoms with E-state index in [2.05, 4.69) is 15.6 Å². The van der Waals surface area contributed by atoms with Crippen LogP contribution in [0, 0.1) is 23.3 Å². The Morgan fingerprint density at radius 1 is 0.889 bits per heavy atom. The second kappa shape index (κ2) is 7.63.